The van der Waals surface area contributed by atoms with E-state index in [1.165, 1.54) is 35.0 Å². The van der Waals surface area contributed by atoms with Crippen LogP contribution in [-0.2, 0) is 21.4 Å². The minimum absolute atomic E-state index is 0.0329. The van der Waals surface area contributed by atoms with E-state index in [9.17, 15) is 18.0 Å². The van der Waals surface area contributed by atoms with E-state index in [0.29, 0.717) is 17.8 Å². The van der Waals surface area contributed by atoms with Gasteiger partial charge in [0.05, 0.1) is 10.6 Å². The van der Waals surface area contributed by atoms with E-state index < -0.39 is 10.0 Å². The second-order valence-corrected chi connectivity index (χ2v) is 7.80. The zero-order chi connectivity index (χ0) is 20.9. The number of aryl methyl sites for hydroxylation is 1. The number of nitrogens with one attached hydrogen (secondary N) is 1. The largest absolute Gasteiger partial charge is 0.326 e. The number of hydrogen-bond acceptors (Lipinski definition) is 6. The smallest absolute Gasteiger partial charge is 0.266 e. The van der Waals surface area contributed by atoms with E-state index in [1.807, 2.05) is 6.07 Å². The SMILES string of the molecule is NS(=O)(=O)c1ccc(NC(=O)CCCn2nc(-c3cccnc3)ccc2=O)cc1. The van der Waals surface area contributed by atoms with E-state index in [1.54, 1.807) is 24.5 Å². The van der Waals surface area contributed by atoms with Crippen LogP contribution in [0.15, 0.2) is 70.6 Å². The second-order valence-electron chi connectivity index (χ2n) is 6.24. The predicted molar refractivity (Wildman–Crippen MR) is 107 cm³/mol. The van der Waals surface area contributed by atoms with Crippen molar-refractivity contribution in [3.63, 3.8) is 0 Å². The summed E-state index contributed by atoms with van der Waals surface area (Å²) < 4.78 is 23.8. The van der Waals surface area contributed by atoms with Crippen molar-refractivity contribution in [2.45, 2.75) is 24.3 Å². The first kappa shape index (κ1) is 20.4. The van der Waals surface area contributed by atoms with Crippen molar-refractivity contribution in [1.82, 2.24) is 14.8 Å². The lowest BCUT2D eigenvalue weighted by molar-refractivity contribution is -0.116. The average molecular weight is 413 g/mol. The number of rotatable bonds is 7. The van der Waals surface area contributed by atoms with Crippen molar-refractivity contribution in [2.75, 3.05) is 5.32 Å². The first-order valence-electron chi connectivity index (χ1n) is 8.74. The van der Waals surface area contributed by atoms with Crippen LogP contribution in [0.2, 0.25) is 0 Å². The second kappa shape index (κ2) is 8.76. The number of nitrogens with two attached hydrogens (primary N) is 1. The summed E-state index contributed by atoms with van der Waals surface area (Å²) in [4.78, 5) is 28.1. The summed E-state index contributed by atoms with van der Waals surface area (Å²) >= 11 is 0. The topological polar surface area (TPSA) is 137 Å². The van der Waals surface area contributed by atoms with Crippen molar-refractivity contribution >= 4 is 21.6 Å². The van der Waals surface area contributed by atoms with Crippen molar-refractivity contribution in [2.24, 2.45) is 5.14 Å². The highest BCUT2D eigenvalue weighted by Gasteiger charge is 2.09. The number of carbonyl (C=O) groups is 1. The Hall–Kier alpha value is -3.37. The van der Waals surface area contributed by atoms with Crippen LogP contribution in [0.1, 0.15) is 12.8 Å². The Morgan fingerprint density at radius 3 is 2.52 bits per heavy atom. The van der Waals surface area contributed by atoms with Gasteiger partial charge in [-0.3, -0.25) is 14.6 Å². The van der Waals surface area contributed by atoms with Gasteiger partial charge in [0.2, 0.25) is 15.9 Å². The summed E-state index contributed by atoms with van der Waals surface area (Å²) in [6, 6.07) is 12.3. The summed E-state index contributed by atoms with van der Waals surface area (Å²) in [5, 5.41) is 12.0. The molecule has 3 N–H and O–H groups in total. The number of benzene rings is 1. The molecule has 1 amide bonds. The van der Waals surface area contributed by atoms with Gasteiger partial charge in [-0.15, -0.1) is 0 Å². The maximum Gasteiger partial charge on any atom is 0.266 e. The van der Waals surface area contributed by atoms with Crippen LogP contribution in [-0.4, -0.2) is 29.1 Å². The predicted octanol–water partition coefficient (Wildman–Crippen LogP) is 1.37. The third kappa shape index (κ3) is 5.56. The number of nitrogens with zero attached hydrogens (tertiary/aromatic N) is 3. The van der Waals surface area contributed by atoms with Crippen LogP contribution < -0.4 is 16.0 Å². The van der Waals surface area contributed by atoms with E-state index >= 15 is 0 Å². The summed E-state index contributed by atoms with van der Waals surface area (Å²) in [6.45, 7) is 0.282. The van der Waals surface area contributed by atoms with Crippen molar-refractivity contribution in [1.29, 1.82) is 0 Å². The Balaban J connectivity index is 1.57. The van der Waals surface area contributed by atoms with Gasteiger partial charge in [0.15, 0.2) is 0 Å². The Labute approximate surface area is 167 Å². The number of pyridine rings is 1. The van der Waals surface area contributed by atoms with Gasteiger partial charge in [0.25, 0.3) is 5.56 Å². The van der Waals surface area contributed by atoms with Crippen LogP contribution in [0.4, 0.5) is 5.69 Å². The Morgan fingerprint density at radius 2 is 1.86 bits per heavy atom. The first-order chi connectivity index (χ1) is 13.8. The third-order valence-electron chi connectivity index (χ3n) is 4.06. The van der Waals surface area contributed by atoms with Crippen molar-refractivity contribution in [3.8, 4) is 11.3 Å². The lowest BCUT2D eigenvalue weighted by atomic mass is 10.2. The van der Waals surface area contributed by atoms with E-state index in [0.717, 1.165) is 5.56 Å². The standard InChI is InChI=1S/C19H19N5O4S/c20-29(27,28)16-7-5-15(6-8-16)22-18(25)4-2-12-24-19(26)10-9-17(23-24)14-3-1-11-21-13-14/h1,3,5-11,13H,2,4,12H2,(H,22,25)(H2,20,27,28). The highest BCUT2D eigenvalue weighted by atomic mass is 32.2. The molecule has 150 valence electrons. The van der Waals surface area contributed by atoms with Gasteiger partial charge in [-0.05, 0) is 48.9 Å². The summed E-state index contributed by atoms with van der Waals surface area (Å²) in [6.07, 6.45) is 3.89. The van der Waals surface area contributed by atoms with E-state index in [-0.39, 0.29) is 29.3 Å². The number of carbonyl (C=O) groups excluding carboxylic acids is 1. The maximum atomic E-state index is 12.1. The molecule has 0 atom stereocenters. The molecule has 0 aliphatic carbocycles. The molecule has 0 radical (unpaired) electrons. The number of hydrogen-bond donors (Lipinski definition) is 2. The fourth-order valence-electron chi connectivity index (χ4n) is 2.62. The van der Waals surface area contributed by atoms with Crippen LogP contribution in [0.5, 0.6) is 0 Å². The van der Waals surface area contributed by atoms with Gasteiger partial charge in [0, 0.05) is 42.7 Å². The molecule has 0 unspecified atom stereocenters. The number of sulfonamides is 1. The summed E-state index contributed by atoms with van der Waals surface area (Å²) in [7, 11) is -3.78. The zero-order valence-electron chi connectivity index (χ0n) is 15.4. The minimum atomic E-state index is -3.78. The van der Waals surface area contributed by atoms with Crippen molar-refractivity contribution < 1.29 is 13.2 Å². The maximum absolute atomic E-state index is 12.1. The first-order valence-corrected chi connectivity index (χ1v) is 10.3. The van der Waals surface area contributed by atoms with Gasteiger partial charge in [-0.25, -0.2) is 18.2 Å². The lowest BCUT2D eigenvalue weighted by Crippen LogP contribution is -2.23. The van der Waals surface area contributed by atoms with Gasteiger partial charge < -0.3 is 5.32 Å². The fourth-order valence-corrected chi connectivity index (χ4v) is 3.13. The highest BCUT2D eigenvalue weighted by Crippen LogP contribution is 2.14. The molecule has 3 rings (SSSR count). The molecule has 9 nitrogen and oxygen atoms in total. The summed E-state index contributed by atoms with van der Waals surface area (Å²) in [5.74, 6) is -0.259. The molecule has 0 saturated heterocycles. The number of primary sulfonamides is 1. The van der Waals surface area contributed by atoms with E-state index in [2.05, 4.69) is 15.4 Å². The van der Waals surface area contributed by atoms with Gasteiger partial charge in [-0.2, -0.15) is 5.10 Å². The van der Waals surface area contributed by atoms with Crippen LogP contribution >= 0.6 is 0 Å². The summed E-state index contributed by atoms with van der Waals surface area (Å²) in [5.41, 5.74) is 1.62. The molecular weight excluding hydrogens is 394 g/mol. The molecule has 10 heteroatoms. The number of aromatic nitrogens is 3. The minimum Gasteiger partial charge on any atom is -0.326 e. The molecule has 1 aromatic carbocycles. The molecule has 0 saturated carbocycles. The molecule has 0 aliphatic rings. The van der Waals surface area contributed by atoms with E-state index in [4.69, 9.17) is 5.14 Å². The Bertz CT molecular complexity index is 1160. The van der Waals surface area contributed by atoms with Gasteiger partial charge in [-0.1, -0.05) is 0 Å². The molecule has 3 aromatic rings. The molecule has 0 fully saturated rings. The van der Waals surface area contributed by atoms with Crippen LogP contribution in [0.3, 0.4) is 0 Å². The molecule has 29 heavy (non-hydrogen) atoms. The van der Waals surface area contributed by atoms with Crippen LogP contribution in [0, 0.1) is 0 Å². The molecular formula is C19H19N5O4S. The highest BCUT2D eigenvalue weighted by molar-refractivity contribution is 7.89. The molecule has 2 aromatic heterocycles. The Morgan fingerprint density at radius 1 is 1.10 bits per heavy atom. The normalized spacial score (nSPS) is 11.2. The third-order valence-corrected chi connectivity index (χ3v) is 4.99. The fraction of sp³-hybridized carbons (Fsp3) is 0.158. The van der Waals surface area contributed by atoms with Crippen molar-refractivity contribution in [3.05, 3.63) is 71.3 Å². The lowest BCUT2D eigenvalue weighted by Gasteiger charge is -2.08. The molecule has 2 heterocycles. The quantitative estimate of drug-likeness (QED) is 0.600. The zero-order valence-corrected chi connectivity index (χ0v) is 16.2. The Kier molecular flexibility index (Phi) is 6.15. The average Bonchev–Trinajstić information content (AvgIpc) is 2.70. The monoisotopic (exact) mass is 413 g/mol. The molecule has 0 spiro atoms. The molecule has 0 aliphatic heterocycles. The molecule has 0 bridgehead atoms. The number of anilines is 1. The van der Waals surface area contributed by atoms with Gasteiger partial charge in [0.1, 0.15) is 0 Å². The number of amides is 1. The van der Waals surface area contributed by atoms with Crippen LogP contribution in [0.25, 0.3) is 11.3 Å². The van der Waals surface area contributed by atoms with Gasteiger partial charge >= 0.3 is 0 Å².